The van der Waals surface area contributed by atoms with Crippen molar-refractivity contribution >= 4 is 5.91 Å². The molecule has 0 aliphatic heterocycles. The Labute approximate surface area is 71.9 Å². The quantitative estimate of drug-likeness (QED) is 0.705. The van der Waals surface area contributed by atoms with Gasteiger partial charge in [-0.25, -0.2) is 0 Å². The van der Waals surface area contributed by atoms with E-state index in [2.05, 4.69) is 5.32 Å². The lowest BCUT2D eigenvalue weighted by atomic mass is 10.2. The molecule has 2 nitrogen and oxygen atoms in total. The molecule has 0 fully saturated rings. The van der Waals surface area contributed by atoms with Crippen LogP contribution in [0.4, 0.5) is 0 Å². The van der Waals surface area contributed by atoms with E-state index in [0.29, 0.717) is 5.56 Å². The van der Waals surface area contributed by atoms with Crippen LogP contribution in [0.1, 0.15) is 17.3 Å². The molecule has 0 heterocycles. The first-order valence-corrected chi connectivity index (χ1v) is 3.81. The predicted octanol–water partition coefficient (Wildman–Crippen LogP) is 1.95. The Morgan fingerprint density at radius 2 is 2.00 bits per heavy atom. The van der Waals surface area contributed by atoms with Crippen molar-refractivity contribution in [1.82, 2.24) is 5.32 Å². The molecule has 0 unspecified atom stereocenters. The molecule has 0 saturated carbocycles. The van der Waals surface area contributed by atoms with E-state index in [1.165, 1.54) is 0 Å². The molecule has 1 aromatic rings. The van der Waals surface area contributed by atoms with E-state index in [0.717, 1.165) is 0 Å². The van der Waals surface area contributed by atoms with Gasteiger partial charge in [-0.15, -0.1) is 0 Å². The van der Waals surface area contributed by atoms with Crippen LogP contribution in [-0.4, -0.2) is 5.91 Å². The highest BCUT2D eigenvalue weighted by molar-refractivity contribution is 5.94. The largest absolute Gasteiger partial charge is 0.329 e. The molecule has 0 saturated heterocycles. The maximum absolute atomic E-state index is 11.2. The summed E-state index contributed by atoms with van der Waals surface area (Å²) in [5, 5.41) is 2.63. The smallest absolute Gasteiger partial charge is 0.255 e. The first-order valence-electron chi connectivity index (χ1n) is 3.81. The van der Waals surface area contributed by atoms with Crippen LogP contribution in [-0.2, 0) is 0 Å². The summed E-state index contributed by atoms with van der Waals surface area (Å²) in [6, 6.07) is 9.11. The van der Waals surface area contributed by atoms with Gasteiger partial charge in [0.15, 0.2) is 0 Å². The van der Waals surface area contributed by atoms with E-state index in [-0.39, 0.29) is 5.91 Å². The van der Waals surface area contributed by atoms with Crippen LogP contribution >= 0.6 is 0 Å². The summed E-state index contributed by atoms with van der Waals surface area (Å²) in [6.07, 6.45) is 3.40. The number of allylic oxidation sites excluding steroid dienone is 1. The number of rotatable bonds is 2. The first-order chi connectivity index (χ1) is 5.84. The van der Waals surface area contributed by atoms with E-state index in [1.54, 1.807) is 24.4 Å². The molecular formula is C10H11NO. The molecule has 62 valence electrons. The molecule has 12 heavy (non-hydrogen) atoms. The molecule has 0 spiro atoms. The molecule has 0 aliphatic rings. The molecule has 1 rings (SSSR count). The first kappa shape index (κ1) is 8.53. The van der Waals surface area contributed by atoms with Gasteiger partial charge in [0, 0.05) is 5.56 Å². The molecule has 1 aromatic carbocycles. The third-order valence-corrected chi connectivity index (χ3v) is 1.42. The molecule has 0 aliphatic carbocycles. The Balaban J connectivity index is 2.66. The average Bonchev–Trinajstić information content (AvgIpc) is 2.15. The van der Waals surface area contributed by atoms with E-state index in [4.69, 9.17) is 0 Å². The molecule has 0 bridgehead atoms. The highest BCUT2D eigenvalue weighted by Crippen LogP contribution is 1.97. The third-order valence-electron chi connectivity index (χ3n) is 1.42. The monoisotopic (exact) mass is 161 g/mol. The molecule has 0 radical (unpaired) electrons. The number of benzene rings is 1. The predicted molar refractivity (Wildman–Crippen MR) is 48.7 cm³/mol. The second-order valence-corrected chi connectivity index (χ2v) is 2.34. The van der Waals surface area contributed by atoms with Gasteiger partial charge in [-0.3, -0.25) is 4.79 Å². The number of hydrogen-bond donors (Lipinski definition) is 1. The number of hydrogen-bond acceptors (Lipinski definition) is 1. The van der Waals surface area contributed by atoms with Crippen LogP contribution in [0.5, 0.6) is 0 Å². The molecule has 2 heteroatoms. The minimum absolute atomic E-state index is 0.0753. The number of nitrogens with one attached hydrogen (secondary N) is 1. The number of amides is 1. The van der Waals surface area contributed by atoms with Crippen molar-refractivity contribution in [3.8, 4) is 0 Å². The van der Waals surface area contributed by atoms with Gasteiger partial charge < -0.3 is 5.32 Å². The molecule has 0 atom stereocenters. The van der Waals surface area contributed by atoms with Gasteiger partial charge in [0.05, 0.1) is 0 Å². The highest BCUT2D eigenvalue weighted by Gasteiger charge is 1.99. The van der Waals surface area contributed by atoms with Crippen molar-refractivity contribution in [2.45, 2.75) is 6.92 Å². The van der Waals surface area contributed by atoms with Crippen molar-refractivity contribution in [2.24, 2.45) is 0 Å². The highest BCUT2D eigenvalue weighted by atomic mass is 16.1. The fourth-order valence-corrected chi connectivity index (χ4v) is 0.832. The zero-order valence-corrected chi connectivity index (χ0v) is 6.95. The van der Waals surface area contributed by atoms with E-state index in [9.17, 15) is 4.79 Å². The van der Waals surface area contributed by atoms with Crippen LogP contribution in [0.3, 0.4) is 0 Å². The fourth-order valence-electron chi connectivity index (χ4n) is 0.832. The molecule has 0 aromatic heterocycles. The summed E-state index contributed by atoms with van der Waals surface area (Å²) in [5.74, 6) is -0.0753. The topological polar surface area (TPSA) is 29.1 Å². The van der Waals surface area contributed by atoms with E-state index < -0.39 is 0 Å². The second kappa shape index (κ2) is 4.34. The van der Waals surface area contributed by atoms with Crippen molar-refractivity contribution in [2.75, 3.05) is 0 Å². The second-order valence-electron chi connectivity index (χ2n) is 2.34. The standard InChI is InChI=1S/C10H11NO/c1-2-8-11-10(12)9-6-4-3-5-7-9/h2-8H,1H3,(H,11,12)/b8-2+. The number of carbonyl (C=O) groups is 1. The zero-order valence-electron chi connectivity index (χ0n) is 6.95. The Hall–Kier alpha value is -1.57. The summed E-state index contributed by atoms with van der Waals surface area (Å²) < 4.78 is 0. The van der Waals surface area contributed by atoms with Gasteiger partial charge in [0.25, 0.3) is 5.91 Å². The van der Waals surface area contributed by atoms with Crippen LogP contribution in [0.15, 0.2) is 42.6 Å². The van der Waals surface area contributed by atoms with Crippen molar-refractivity contribution in [1.29, 1.82) is 0 Å². The summed E-state index contributed by atoms with van der Waals surface area (Å²) in [5.41, 5.74) is 0.676. The Kier molecular flexibility index (Phi) is 3.08. The maximum atomic E-state index is 11.2. The van der Waals surface area contributed by atoms with Crippen molar-refractivity contribution in [3.05, 3.63) is 48.2 Å². The van der Waals surface area contributed by atoms with Crippen LogP contribution in [0.2, 0.25) is 0 Å². The lowest BCUT2D eigenvalue weighted by Crippen LogP contribution is -2.16. The normalized spacial score (nSPS) is 10.1. The SMILES string of the molecule is C/C=C/NC(=O)c1ccccc1. The third kappa shape index (κ3) is 2.23. The average molecular weight is 161 g/mol. The summed E-state index contributed by atoms with van der Waals surface area (Å²) in [7, 11) is 0. The van der Waals surface area contributed by atoms with E-state index in [1.807, 2.05) is 25.1 Å². The molecular weight excluding hydrogens is 150 g/mol. The maximum Gasteiger partial charge on any atom is 0.255 e. The summed E-state index contributed by atoms with van der Waals surface area (Å²) in [4.78, 5) is 11.2. The van der Waals surface area contributed by atoms with Gasteiger partial charge in [0.2, 0.25) is 0 Å². The number of carbonyl (C=O) groups excluding carboxylic acids is 1. The molecule has 1 amide bonds. The lowest BCUT2D eigenvalue weighted by Gasteiger charge is -1.97. The Bertz CT molecular complexity index is 277. The summed E-state index contributed by atoms with van der Waals surface area (Å²) in [6.45, 7) is 1.85. The van der Waals surface area contributed by atoms with Gasteiger partial charge in [-0.1, -0.05) is 24.3 Å². The van der Waals surface area contributed by atoms with Crippen molar-refractivity contribution < 1.29 is 4.79 Å². The van der Waals surface area contributed by atoms with Gasteiger partial charge in [-0.05, 0) is 25.3 Å². The molecule has 1 N–H and O–H groups in total. The van der Waals surface area contributed by atoms with E-state index >= 15 is 0 Å². The van der Waals surface area contributed by atoms with Crippen LogP contribution < -0.4 is 5.32 Å². The Morgan fingerprint density at radius 1 is 1.33 bits per heavy atom. The zero-order chi connectivity index (χ0) is 8.81. The minimum atomic E-state index is -0.0753. The summed E-state index contributed by atoms with van der Waals surface area (Å²) >= 11 is 0. The Morgan fingerprint density at radius 3 is 2.58 bits per heavy atom. The van der Waals surface area contributed by atoms with Crippen LogP contribution in [0.25, 0.3) is 0 Å². The lowest BCUT2D eigenvalue weighted by molar-refractivity contribution is 0.0970. The fraction of sp³-hybridized carbons (Fsp3) is 0.100. The van der Waals surface area contributed by atoms with Crippen molar-refractivity contribution in [3.63, 3.8) is 0 Å². The van der Waals surface area contributed by atoms with Gasteiger partial charge >= 0.3 is 0 Å². The van der Waals surface area contributed by atoms with Crippen LogP contribution in [0, 0.1) is 0 Å². The van der Waals surface area contributed by atoms with Gasteiger partial charge in [-0.2, -0.15) is 0 Å². The van der Waals surface area contributed by atoms with Gasteiger partial charge in [0.1, 0.15) is 0 Å². The minimum Gasteiger partial charge on any atom is -0.329 e.